The van der Waals surface area contributed by atoms with Crippen molar-refractivity contribution in [1.82, 2.24) is 9.99 Å². The first kappa shape index (κ1) is 17.1. The standard InChI is InChI=1S/C22H18ClN3O2/c1-27-20-9-3-8-17-19-12-18(15-6-4-10-24-13-15)25-26(19)22(28-21(17)20)14-5-2-7-16(23)11-14/h2-11,13,19,22H,12H2,1H3. The maximum Gasteiger partial charge on any atom is 0.214 e. The Morgan fingerprint density at radius 1 is 1.14 bits per heavy atom. The van der Waals surface area contributed by atoms with Gasteiger partial charge in [0, 0.05) is 40.5 Å². The Hall–Kier alpha value is -3.05. The molecule has 0 fully saturated rings. The number of aromatic nitrogens is 1. The molecule has 2 aliphatic rings. The lowest BCUT2D eigenvalue weighted by atomic mass is 9.96. The fourth-order valence-electron chi connectivity index (χ4n) is 3.83. The first-order valence-electron chi connectivity index (χ1n) is 9.10. The minimum Gasteiger partial charge on any atom is -0.493 e. The number of ether oxygens (including phenoxy) is 2. The van der Waals surface area contributed by atoms with Gasteiger partial charge in [-0.3, -0.25) is 4.98 Å². The number of benzene rings is 2. The largest absolute Gasteiger partial charge is 0.493 e. The molecule has 2 aliphatic heterocycles. The van der Waals surface area contributed by atoms with Crippen LogP contribution in [0.4, 0.5) is 0 Å². The van der Waals surface area contributed by atoms with E-state index in [1.807, 2.05) is 59.7 Å². The van der Waals surface area contributed by atoms with E-state index in [2.05, 4.69) is 11.1 Å². The van der Waals surface area contributed by atoms with E-state index in [0.717, 1.165) is 40.3 Å². The Morgan fingerprint density at radius 3 is 2.82 bits per heavy atom. The van der Waals surface area contributed by atoms with Crippen LogP contribution in [-0.4, -0.2) is 22.8 Å². The van der Waals surface area contributed by atoms with Crippen LogP contribution >= 0.6 is 11.6 Å². The second-order valence-electron chi connectivity index (χ2n) is 6.79. The Kier molecular flexibility index (Phi) is 4.17. The van der Waals surface area contributed by atoms with Crippen molar-refractivity contribution in [2.45, 2.75) is 18.7 Å². The zero-order chi connectivity index (χ0) is 19.1. The average molecular weight is 392 g/mol. The number of nitrogens with zero attached hydrogens (tertiary/aromatic N) is 3. The summed E-state index contributed by atoms with van der Waals surface area (Å²) in [4.78, 5) is 4.24. The van der Waals surface area contributed by atoms with E-state index in [1.165, 1.54) is 0 Å². The third-order valence-corrected chi connectivity index (χ3v) is 5.36. The number of halogens is 1. The van der Waals surface area contributed by atoms with Crippen molar-refractivity contribution in [1.29, 1.82) is 0 Å². The molecule has 0 bridgehead atoms. The normalized spacial score (nSPS) is 20.1. The van der Waals surface area contributed by atoms with E-state index in [4.69, 9.17) is 26.2 Å². The number of pyridine rings is 1. The molecule has 3 aromatic rings. The summed E-state index contributed by atoms with van der Waals surface area (Å²) in [5.74, 6) is 1.48. The van der Waals surface area contributed by atoms with E-state index in [1.54, 1.807) is 13.3 Å². The third kappa shape index (κ3) is 2.79. The molecule has 0 radical (unpaired) electrons. The first-order valence-corrected chi connectivity index (χ1v) is 9.47. The lowest BCUT2D eigenvalue weighted by molar-refractivity contribution is -0.0208. The highest BCUT2D eigenvalue weighted by molar-refractivity contribution is 6.30. The van der Waals surface area contributed by atoms with Gasteiger partial charge in [0.25, 0.3) is 0 Å². The highest BCUT2D eigenvalue weighted by Crippen LogP contribution is 2.50. The van der Waals surface area contributed by atoms with Gasteiger partial charge in [-0.05, 0) is 24.3 Å². The molecule has 28 heavy (non-hydrogen) atoms. The van der Waals surface area contributed by atoms with Gasteiger partial charge in [-0.1, -0.05) is 41.9 Å². The molecule has 6 heteroatoms. The van der Waals surface area contributed by atoms with E-state index in [0.29, 0.717) is 5.02 Å². The van der Waals surface area contributed by atoms with Gasteiger partial charge in [-0.2, -0.15) is 5.10 Å². The van der Waals surface area contributed by atoms with E-state index in [-0.39, 0.29) is 12.3 Å². The summed E-state index contributed by atoms with van der Waals surface area (Å²) >= 11 is 6.25. The quantitative estimate of drug-likeness (QED) is 0.631. The summed E-state index contributed by atoms with van der Waals surface area (Å²) < 4.78 is 12.0. The van der Waals surface area contributed by atoms with Crippen LogP contribution in [0.3, 0.4) is 0 Å². The Balaban J connectivity index is 1.64. The van der Waals surface area contributed by atoms with E-state index < -0.39 is 0 Å². The summed E-state index contributed by atoms with van der Waals surface area (Å²) in [5.41, 5.74) is 4.03. The minimum atomic E-state index is -0.387. The highest BCUT2D eigenvalue weighted by Gasteiger charge is 2.42. The van der Waals surface area contributed by atoms with Crippen LogP contribution in [0.15, 0.2) is 72.1 Å². The Bertz CT molecular complexity index is 1050. The van der Waals surface area contributed by atoms with Gasteiger partial charge in [-0.15, -0.1) is 0 Å². The van der Waals surface area contributed by atoms with Crippen molar-refractivity contribution in [3.05, 3.63) is 88.7 Å². The SMILES string of the molecule is COc1cccc2c1OC(c1cccc(Cl)c1)N1N=C(c3cccnc3)CC21. The molecule has 0 spiro atoms. The number of fused-ring (bicyclic) bond motifs is 3. The fraction of sp³-hybridized carbons (Fsp3) is 0.182. The summed E-state index contributed by atoms with van der Waals surface area (Å²) in [6, 6.07) is 17.7. The number of rotatable bonds is 3. The summed E-state index contributed by atoms with van der Waals surface area (Å²) in [5, 5.41) is 7.61. The van der Waals surface area contributed by atoms with Crippen LogP contribution in [-0.2, 0) is 0 Å². The maximum absolute atomic E-state index is 6.41. The zero-order valence-corrected chi connectivity index (χ0v) is 16.0. The van der Waals surface area contributed by atoms with Crippen LogP contribution in [0.2, 0.25) is 5.02 Å². The predicted octanol–water partition coefficient (Wildman–Crippen LogP) is 4.99. The van der Waals surface area contributed by atoms with Crippen LogP contribution in [0, 0.1) is 0 Å². The molecule has 2 unspecified atom stereocenters. The molecule has 0 saturated carbocycles. The summed E-state index contributed by atoms with van der Waals surface area (Å²) in [6.45, 7) is 0. The molecule has 0 aliphatic carbocycles. The highest BCUT2D eigenvalue weighted by atomic mass is 35.5. The molecule has 0 saturated heterocycles. The van der Waals surface area contributed by atoms with Gasteiger partial charge in [-0.25, -0.2) is 5.01 Å². The lowest BCUT2D eigenvalue weighted by Gasteiger charge is -2.38. The first-order chi connectivity index (χ1) is 13.7. The van der Waals surface area contributed by atoms with Crippen LogP contribution in [0.25, 0.3) is 0 Å². The van der Waals surface area contributed by atoms with Gasteiger partial charge < -0.3 is 9.47 Å². The van der Waals surface area contributed by atoms with Gasteiger partial charge in [0.05, 0.1) is 18.9 Å². The van der Waals surface area contributed by atoms with Crippen molar-refractivity contribution in [3.8, 4) is 11.5 Å². The van der Waals surface area contributed by atoms with Gasteiger partial charge in [0.1, 0.15) is 0 Å². The molecule has 1 aromatic heterocycles. The predicted molar refractivity (Wildman–Crippen MR) is 108 cm³/mol. The average Bonchev–Trinajstić information content (AvgIpc) is 3.19. The zero-order valence-electron chi connectivity index (χ0n) is 15.2. The molecule has 0 N–H and O–H groups in total. The topological polar surface area (TPSA) is 47.0 Å². The number of para-hydroxylation sites is 1. The van der Waals surface area contributed by atoms with Crippen molar-refractivity contribution >= 4 is 17.3 Å². The Morgan fingerprint density at radius 2 is 2.04 bits per heavy atom. The molecular weight excluding hydrogens is 374 g/mol. The second-order valence-corrected chi connectivity index (χ2v) is 7.23. The molecular formula is C22H18ClN3O2. The molecule has 140 valence electrons. The lowest BCUT2D eigenvalue weighted by Crippen LogP contribution is -2.33. The third-order valence-electron chi connectivity index (χ3n) is 5.13. The molecule has 5 nitrogen and oxygen atoms in total. The number of methoxy groups -OCH3 is 1. The van der Waals surface area contributed by atoms with Crippen LogP contribution in [0.1, 0.15) is 35.4 Å². The van der Waals surface area contributed by atoms with E-state index in [9.17, 15) is 0 Å². The fourth-order valence-corrected chi connectivity index (χ4v) is 4.03. The monoisotopic (exact) mass is 391 g/mol. The number of hydrogen-bond donors (Lipinski definition) is 0. The van der Waals surface area contributed by atoms with Gasteiger partial charge in [0.15, 0.2) is 11.5 Å². The molecule has 5 rings (SSSR count). The summed E-state index contributed by atoms with van der Waals surface area (Å²) in [7, 11) is 1.66. The molecule has 2 atom stereocenters. The van der Waals surface area contributed by atoms with Crippen LogP contribution < -0.4 is 9.47 Å². The molecule has 2 aromatic carbocycles. The maximum atomic E-state index is 6.41. The smallest absolute Gasteiger partial charge is 0.214 e. The van der Waals surface area contributed by atoms with Crippen molar-refractivity contribution in [2.24, 2.45) is 5.10 Å². The van der Waals surface area contributed by atoms with Crippen molar-refractivity contribution in [2.75, 3.05) is 7.11 Å². The summed E-state index contributed by atoms with van der Waals surface area (Å²) in [6.07, 6.45) is 4.00. The van der Waals surface area contributed by atoms with Crippen LogP contribution in [0.5, 0.6) is 11.5 Å². The Labute approximate surface area is 168 Å². The minimum absolute atomic E-state index is 0.0537. The molecule has 0 amide bonds. The van der Waals surface area contributed by atoms with E-state index >= 15 is 0 Å². The van der Waals surface area contributed by atoms with Crippen molar-refractivity contribution < 1.29 is 9.47 Å². The van der Waals surface area contributed by atoms with Crippen molar-refractivity contribution in [3.63, 3.8) is 0 Å². The molecule has 3 heterocycles. The number of hydrazone groups is 1. The van der Waals surface area contributed by atoms with Gasteiger partial charge in [0.2, 0.25) is 6.23 Å². The van der Waals surface area contributed by atoms with Gasteiger partial charge >= 0.3 is 0 Å². The number of hydrogen-bond acceptors (Lipinski definition) is 5. The second kappa shape index (κ2) is 6.84.